The van der Waals surface area contributed by atoms with Gasteiger partial charge in [0, 0.05) is 7.05 Å². The van der Waals surface area contributed by atoms with Gasteiger partial charge < -0.3 is 10.1 Å². The largest absolute Gasteiger partial charge is 0.369 e. The zero-order valence-electron chi connectivity index (χ0n) is 14.7. The molecule has 6 nitrogen and oxygen atoms in total. The molecule has 0 bridgehead atoms. The SMILES string of the molecule is CN1C(=N)NC(COC2C=CC=CC2C#N)(CC2CCCCC2)C1=O. The van der Waals surface area contributed by atoms with Crippen LogP contribution in [0.25, 0.3) is 0 Å². The molecule has 1 aliphatic heterocycles. The Kier molecular flexibility index (Phi) is 5.24. The minimum Gasteiger partial charge on any atom is -0.369 e. The molecule has 3 rings (SSSR count). The Morgan fingerprint density at radius 2 is 2.08 bits per heavy atom. The lowest BCUT2D eigenvalue weighted by atomic mass is 9.79. The van der Waals surface area contributed by atoms with E-state index >= 15 is 0 Å². The second-order valence-electron chi connectivity index (χ2n) is 7.33. The highest BCUT2D eigenvalue weighted by Gasteiger charge is 2.50. The van der Waals surface area contributed by atoms with E-state index in [1.54, 1.807) is 7.05 Å². The maximum absolute atomic E-state index is 12.9. The van der Waals surface area contributed by atoms with Crippen LogP contribution in [0.5, 0.6) is 0 Å². The van der Waals surface area contributed by atoms with Crippen molar-refractivity contribution in [3.63, 3.8) is 0 Å². The molecule has 0 spiro atoms. The van der Waals surface area contributed by atoms with Crippen molar-refractivity contribution >= 4 is 11.9 Å². The summed E-state index contributed by atoms with van der Waals surface area (Å²) in [6.45, 7) is 0.177. The zero-order chi connectivity index (χ0) is 17.9. The molecule has 134 valence electrons. The second-order valence-corrected chi connectivity index (χ2v) is 7.33. The van der Waals surface area contributed by atoms with Crippen molar-refractivity contribution in [3.8, 4) is 6.07 Å². The average Bonchev–Trinajstić information content (AvgIpc) is 2.85. The summed E-state index contributed by atoms with van der Waals surface area (Å²) in [5, 5.41) is 20.4. The van der Waals surface area contributed by atoms with Crippen LogP contribution in [0.3, 0.4) is 0 Å². The molecule has 1 amide bonds. The highest BCUT2D eigenvalue weighted by molar-refractivity contribution is 6.07. The number of nitrogens with one attached hydrogen (secondary N) is 2. The highest BCUT2D eigenvalue weighted by Crippen LogP contribution is 2.34. The first kappa shape index (κ1) is 17.7. The van der Waals surface area contributed by atoms with Gasteiger partial charge in [0.25, 0.3) is 5.91 Å². The molecule has 1 saturated carbocycles. The number of hydrogen-bond donors (Lipinski definition) is 2. The minimum atomic E-state index is -0.886. The molecule has 0 aromatic heterocycles. The Morgan fingerprint density at radius 1 is 1.36 bits per heavy atom. The van der Waals surface area contributed by atoms with Crippen molar-refractivity contribution in [2.24, 2.45) is 11.8 Å². The molecule has 6 heteroatoms. The summed E-state index contributed by atoms with van der Waals surface area (Å²) >= 11 is 0. The van der Waals surface area contributed by atoms with Crippen LogP contribution in [0.2, 0.25) is 0 Å². The number of nitrogens with zero attached hydrogens (tertiary/aromatic N) is 2. The smallest absolute Gasteiger partial charge is 0.257 e. The summed E-state index contributed by atoms with van der Waals surface area (Å²) in [7, 11) is 1.63. The van der Waals surface area contributed by atoms with Crippen molar-refractivity contribution in [1.29, 1.82) is 10.7 Å². The molecule has 2 N–H and O–H groups in total. The molecule has 3 aliphatic rings. The van der Waals surface area contributed by atoms with E-state index in [4.69, 9.17) is 10.1 Å². The van der Waals surface area contributed by atoms with Crippen LogP contribution in [0.15, 0.2) is 24.3 Å². The molecule has 0 aromatic rings. The fourth-order valence-electron chi connectivity index (χ4n) is 4.07. The summed E-state index contributed by atoms with van der Waals surface area (Å²) in [4.78, 5) is 14.2. The number of ether oxygens (including phenoxy) is 1. The third kappa shape index (κ3) is 3.62. The molecule has 2 fully saturated rings. The second kappa shape index (κ2) is 7.40. The van der Waals surface area contributed by atoms with Gasteiger partial charge in [-0.25, -0.2) is 0 Å². The van der Waals surface area contributed by atoms with E-state index in [0.29, 0.717) is 12.3 Å². The lowest BCUT2D eigenvalue weighted by molar-refractivity contribution is -0.134. The first-order chi connectivity index (χ1) is 12.1. The lowest BCUT2D eigenvalue weighted by Gasteiger charge is -2.34. The monoisotopic (exact) mass is 342 g/mol. The minimum absolute atomic E-state index is 0.105. The number of carbonyl (C=O) groups is 1. The molecule has 25 heavy (non-hydrogen) atoms. The van der Waals surface area contributed by atoms with E-state index in [2.05, 4.69) is 11.4 Å². The van der Waals surface area contributed by atoms with E-state index in [0.717, 1.165) is 12.8 Å². The maximum Gasteiger partial charge on any atom is 0.257 e. The van der Waals surface area contributed by atoms with Gasteiger partial charge in [-0.1, -0.05) is 56.4 Å². The fourth-order valence-corrected chi connectivity index (χ4v) is 4.07. The molecule has 3 atom stereocenters. The van der Waals surface area contributed by atoms with Gasteiger partial charge >= 0.3 is 0 Å². The Hall–Kier alpha value is -2.13. The van der Waals surface area contributed by atoms with Crippen LogP contribution in [-0.4, -0.2) is 42.1 Å². The van der Waals surface area contributed by atoms with Crippen LogP contribution in [0, 0.1) is 28.6 Å². The van der Waals surface area contributed by atoms with Gasteiger partial charge in [-0.05, 0) is 12.3 Å². The molecule has 0 radical (unpaired) electrons. The van der Waals surface area contributed by atoms with Gasteiger partial charge in [0.15, 0.2) is 5.96 Å². The third-order valence-electron chi connectivity index (χ3n) is 5.52. The summed E-state index contributed by atoms with van der Waals surface area (Å²) < 4.78 is 6.02. The van der Waals surface area contributed by atoms with Gasteiger partial charge in [-0.15, -0.1) is 0 Å². The van der Waals surface area contributed by atoms with Crippen molar-refractivity contribution in [1.82, 2.24) is 10.2 Å². The summed E-state index contributed by atoms with van der Waals surface area (Å²) in [6.07, 6.45) is 13.6. The molecule has 0 aromatic carbocycles. The van der Waals surface area contributed by atoms with E-state index in [1.807, 2.05) is 24.3 Å². The number of carbonyl (C=O) groups excluding carboxylic acids is 1. The summed E-state index contributed by atoms with van der Waals surface area (Å²) in [5.74, 6) is 0.152. The van der Waals surface area contributed by atoms with Crippen LogP contribution >= 0.6 is 0 Å². The number of guanidine groups is 1. The van der Waals surface area contributed by atoms with Gasteiger partial charge in [0.1, 0.15) is 5.54 Å². The molecule has 1 saturated heterocycles. The predicted octanol–water partition coefficient (Wildman–Crippen LogP) is 2.34. The van der Waals surface area contributed by atoms with E-state index in [9.17, 15) is 10.1 Å². The zero-order valence-corrected chi connectivity index (χ0v) is 14.7. The lowest BCUT2D eigenvalue weighted by Crippen LogP contribution is -2.53. The maximum atomic E-state index is 12.9. The van der Waals surface area contributed by atoms with E-state index < -0.39 is 5.54 Å². The average molecular weight is 342 g/mol. The third-order valence-corrected chi connectivity index (χ3v) is 5.52. The van der Waals surface area contributed by atoms with Gasteiger partial charge in [-0.2, -0.15) is 5.26 Å². The van der Waals surface area contributed by atoms with Gasteiger partial charge in [0.05, 0.1) is 24.7 Å². The topological polar surface area (TPSA) is 89.2 Å². The van der Waals surface area contributed by atoms with Crippen molar-refractivity contribution in [3.05, 3.63) is 24.3 Å². The highest BCUT2D eigenvalue weighted by atomic mass is 16.5. The Labute approximate surface area is 149 Å². The van der Waals surface area contributed by atoms with Crippen LogP contribution in [0.4, 0.5) is 0 Å². The molecular weight excluding hydrogens is 316 g/mol. The summed E-state index contributed by atoms with van der Waals surface area (Å²) in [5.41, 5.74) is -0.886. The Bertz CT molecular complexity index is 630. The number of hydrogen-bond acceptors (Lipinski definition) is 4. The van der Waals surface area contributed by atoms with Crippen LogP contribution < -0.4 is 5.32 Å². The first-order valence-corrected chi connectivity index (χ1v) is 9.07. The van der Waals surface area contributed by atoms with E-state index in [-0.39, 0.29) is 30.5 Å². The number of allylic oxidation sites excluding steroid dienone is 2. The van der Waals surface area contributed by atoms with Crippen molar-refractivity contribution in [2.45, 2.75) is 50.2 Å². The fraction of sp³-hybridized carbons (Fsp3) is 0.632. The van der Waals surface area contributed by atoms with Crippen molar-refractivity contribution in [2.75, 3.05) is 13.7 Å². The molecule has 1 heterocycles. The first-order valence-electron chi connectivity index (χ1n) is 9.07. The van der Waals surface area contributed by atoms with Crippen LogP contribution in [-0.2, 0) is 9.53 Å². The Morgan fingerprint density at radius 3 is 2.72 bits per heavy atom. The van der Waals surface area contributed by atoms with Crippen LogP contribution in [0.1, 0.15) is 38.5 Å². The van der Waals surface area contributed by atoms with Gasteiger partial charge in [-0.3, -0.25) is 15.1 Å². The standard InChI is InChI=1S/C19H26N4O2/c1-23-17(24)19(22-18(23)21,11-14-7-3-2-4-8-14)13-25-16-10-6-5-9-15(16)12-20/h5-6,9-10,14-16H,2-4,7-8,11,13H2,1H3,(H2,21,22). The number of rotatable bonds is 5. The number of amides is 1. The van der Waals surface area contributed by atoms with Crippen molar-refractivity contribution < 1.29 is 9.53 Å². The normalized spacial score (nSPS) is 32.7. The predicted molar refractivity (Wildman–Crippen MR) is 94.7 cm³/mol. The van der Waals surface area contributed by atoms with Gasteiger partial charge in [0.2, 0.25) is 0 Å². The summed E-state index contributed by atoms with van der Waals surface area (Å²) in [6, 6.07) is 2.23. The van der Waals surface area contributed by atoms with E-state index in [1.165, 1.54) is 24.2 Å². The quantitative estimate of drug-likeness (QED) is 0.802. The molecular formula is C19H26N4O2. The number of nitriles is 1. The Balaban J connectivity index is 1.74. The number of likely N-dealkylation sites (N-methyl/N-ethyl adjacent to an activating group) is 1. The molecule has 3 unspecified atom stereocenters. The molecule has 2 aliphatic carbocycles.